The Labute approximate surface area is 201 Å². The summed E-state index contributed by atoms with van der Waals surface area (Å²) in [6.45, 7) is 8.56. The van der Waals surface area contributed by atoms with E-state index in [0.29, 0.717) is 19.8 Å². The molecule has 7 heteroatoms. The predicted molar refractivity (Wildman–Crippen MR) is 129 cm³/mol. The van der Waals surface area contributed by atoms with Crippen molar-refractivity contribution in [1.29, 1.82) is 0 Å². The standard InChI is InChI=1S/C27H33N3O4/c1-4-33-23-14-20-11-12-29(16-21(20)15-24(23)34-5-2)17-30-25(31)27(3,28-26(30)32)22-10-9-18-7-6-8-19(18)13-22/h9-10,13-15H,4-8,11-12,16-17H2,1-3H3,(H,28,32). The highest BCUT2D eigenvalue weighted by atomic mass is 16.5. The zero-order valence-corrected chi connectivity index (χ0v) is 20.3. The lowest BCUT2D eigenvalue weighted by atomic mass is 9.90. The maximum absolute atomic E-state index is 13.5. The molecule has 0 spiro atoms. The van der Waals surface area contributed by atoms with Gasteiger partial charge in [0.05, 0.1) is 19.9 Å². The monoisotopic (exact) mass is 463 g/mol. The van der Waals surface area contributed by atoms with E-state index in [0.717, 1.165) is 54.9 Å². The zero-order chi connectivity index (χ0) is 23.9. The lowest BCUT2D eigenvalue weighted by Crippen LogP contribution is -2.45. The van der Waals surface area contributed by atoms with E-state index in [1.54, 1.807) is 0 Å². The summed E-state index contributed by atoms with van der Waals surface area (Å²) in [6.07, 6.45) is 4.10. The topological polar surface area (TPSA) is 71.1 Å². The van der Waals surface area contributed by atoms with Crippen molar-refractivity contribution < 1.29 is 19.1 Å². The molecule has 1 saturated heterocycles. The van der Waals surface area contributed by atoms with Gasteiger partial charge in [0.25, 0.3) is 5.91 Å². The molecule has 2 heterocycles. The van der Waals surface area contributed by atoms with Crippen LogP contribution in [0.15, 0.2) is 30.3 Å². The molecule has 34 heavy (non-hydrogen) atoms. The number of carbonyl (C=O) groups is 2. The summed E-state index contributed by atoms with van der Waals surface area (Å²) < 4.78 is 11.6. The normalized spacial score (nSPS) is 21.9. The Bertz CT molecular complexity index is 1130. The highest BCUT2D eigenvalue weighted by Gasteiger charge is 2.49. The number of aryl methyl sites for hydroxylation is 2. The number of amides is 3. The van der Waals surface area contributed by atoms with Crippen LogP contribution in [-0.2, 0) is 36.1 Å². The number of nitrogens with zero attached hydrogens (tertiary/aromatic N) is 2. The SMILES string of the molecule is CCOc1cc2c(cc1OCC)CN(CN1C(=O)NC(C)(c3ccc4c(c3)CCC4)C1=O)CC2. The van der Waals surface area contributed by atoms with Gasteiger partial charge in [-0.3, -0.25) is 9.69 Å². The molecule has 7 nitrogen and oxygen atoms in total. The van der Waals surface area contributed by atoms with Gasteiger partial charge < -0.3 is 14.8 Å². The van der Waals surface area contributed by atoms with Crippen molar-refractivity contribution in [3.05, 3.63) is 58.1 Å². The van der Waals surface area contributed by atoms with Crippen molar-refractivity contribution in [2.24, 2.45) is 0 Å². The Morgan fingerprint density at radius 1 is 0.912 bits per heavy atom. The first-order chi connectivity index (χ1) is 16.4. The number of hydrogen-bond acceptors (Lipinski definition) is 5. The van der Waals surface area contributed by atoms with Crippen molar-refractivity contribution >= 4 is 11.9 Å². The number of urea groups is 1. The van der Waals surface area contributed by atoms with Gasteiger partial charge in [0.15, 0.2) is 11.5 Å². The average molecular weight is 464 g/mol. The molecule has 2 aromatic rings. The third kappa shape index (κ3) is 3.92. The van der Waals surface area contributed by atoms with Crippen LogP contribution >= 0.6 is 0 Å². The van der Waals surface area contributed by atoms with Gasteiger partial charge in [0.1, 0.15) is 5.54 Å². The summed E-state index contributed by atoms with van der Waals surface area (Å²) >= 11 is 0. The lowest BCUT2D eigenvalue weighted by Gasteiger charge is -2.32. The van der Waals surface area contributed by atoms with Crippen LogP contribution < -0.4 is 14.8 Å². The molecule has 2 aliphatic heterocycles. The molecular weight excluding hydrogens is 430 g/mol. The number of nitrogens with one attached hydrogen (secondary N) is 1. The van der Waals surface area contributed by atoms with Crippen molar-refractivity contribution in [3.8, 4) is 11.5 Å². The first kappa shape index (κ1) is 22.7. The molecule has 1 aliphatic carbocycles. The van der Waals surface area contributed by atoms with E-state index in [2.05, 4.69) is 28.4 Å². The van der Waals surface area contributed by atoms with Crippen LogP contribution in [0.5, 0.6) is 11.5 Å². The Hall–Kier alpha value is -3.06. The van der Waals surface area contributed by atoms with E-state index in [9.17, 15) is 9.59 Å². The van der Waals surface area contributed by atoms with Crippen molar-refractivity contribution in [2.75, 3.05) is 26.4 Å². The maximum Gasteiger partial charge on any atom is 0.326 e. The number of hydrogen-bond donors (Lipinski definition) is 1. The number of rotatable bonds is 7. The van der Waals surface area contributed by atoms with Gasteiger partial charge in [0, 0.05) is 13.1 Å². The fourth-order valence-electron chi connectivity index (χ4n) is 5.38. The summed E-state index contributed by atoms with van der Waals surface area (Å²) in [5, 5.41) is 2.97. The van der Waals surface area contributed by atoms with Crippen LogP contribution in [0.1, 0.15) is 55.0 Å². The molecule has 1 unspecified atom stereocenters. The van der Waals surface area contributed by atoms with E-state index < -0.39 is 5.54 Å². The lowest BCUT2D eigenvalue weighted by molar-refractivity contribution is -0.132. The van der Waals surface area contributed by atoms with Crippen LogP contribution in [0.3, 0.4) is 0 Å². The van der Waals surface area contributed by atoms with E-state index >= 15 is 0 Å². The fraction of sp³-hybridized carbons (Fsp3) is 0.481. The molecule has 0 bridgehead atoms. The fourth-order valence-corrected chi connectivity index (χ4v) is 5.38. The largest absolute Gasteiger partial charge is 0.490 e. The second-order valence-corrected chi connectivity index (χ2v) is 9.50. The number of imide groups is 1. The maximum atomic E-state index is 13.5. The Kier molecular flexibility index (Phi) is 5.98. The summed E-state index contributed by atoms with van der Waals surface area (Å²) in [5.41, 5.74) is 4.85. The molecule has 2 aromatic carbocycles. The predicted octanol–water partition coefficient (Wildman–Crippen LogP) is 3.76. The molecule has 5 rings (SSSR count). The van der Waals surface area contributed by atoms with Gasteiger partial charge in [-0.25, -0.2) is 9.69 Å². The first-order valence-corrected chi connectivity index (χ1v) is 12.3. The van der Waals surface area contributed by atoms with Crippen LogP contribution in [0, 0.1) is 0 Å². The Balaban J connectivity index is 1.33. The highest BCUT2D eigenvalue weighted by Crippen LogP contribution is 2.35. The van der Waals surface area contributed by atoms with Gasteiger partial charge in [0.2, 0.25) is 0 Å². The van der Waals surface area contributed by atoms with E-state index in [4.69, 9.17) is 9.47 Å². The molecule has 3 aliphatic rings. The quantitative estimate of drug-likeness (QED) is 0.633. The summed E-state index contributed by atoms with van der Waals surface area (Å²) in [5.74, 6) is 1.32. The smallest absolute Gasteiger partial charge is 0.326 e. The van der Waals surface area contributed by atoms with Gasteiger partial charge in [-0.2, -0.15) is 0 Å². The molecule has 3 amide bonds. The highest BCUT2D eigenvalue weighted by molar-refractivity contribution is 6.07. The number of fused-ring (bicyclic) bond motifs is 2. The van der Waals surface area contributed by atoms with Crippen LogP contribution in [0.2, 0.25) is 0 Å². The molecule has 0 saturated carbocycles. The molecule has 1 fully saturated rings. The van der Waals surface area contributed by atoms with E-state index in [-0.39, 0.29) is 18.6 Å². The van der Waals surface area contributed by atoms with E-state index in [1.165, 1.54) is 21.6 Å². The van der Waals surface area contributed by atoms with Crippen molar-refractivity contribution in [3.63, 3.8) is 0 Å². The number of ether oxygens (including phenoxy) is 2. The second kappa shape index (κ2) is 8.95. The van der Waals surface area contributed by atoms with Gasteiger partial charge in [-0.05, 0) is 86.4 Å². The Morgan fingerprint density at radius 2 is 1.59 bits per heavy atom. The third-order valence-corrected chi connectivity index (χ3v) is 7.25. The first-order valence-electron chi connectivity index (χ1n) is 12.3. The summed E-state index contributed by atoms with van der Waals surface area (Å²) in [6, 6.07) is 9.98. The molecule has 1 atom stereocenters. The third-order valence-electron chi connectivity index (χ3n) is 7.25. The van der Waals surface area contributed by atoms with E-state index in [1.807, 2.05) is 32.9 Å². The number of carbonyl (C=O) groups excluding carboxylic acids is 2. The molecule has 1 N–H and O–H groups in total. The number of benzene rings is 2. The van der Waals surface area contributed by atoms with Crippen LogP contribution in [0.25, 0.3) is 0 Å². The minimum atomic E-state index is -1.03. The molecule has 0 aromatic heterocycles. The molecule has 0 radical (unpaired) electrons. The van der Waals surface area contributed by atoms with Crippen LogP contribution in [-0.4, -0.2) is 48.2 Å². The van der Waals surface area contributed by atoms with Gasteiger partial charge in [-0.15, -0.1) is 0 Å². The molecule has 180 valence electrons. The zero-order valence-electron chi connectivity index (χ0n) is 20.3. The second-order valence-electron chi connectivity index (χ2n) is 9.50. The van der Waals surface area contributed by atoms with Crippen molar-refractivity contribution in [2.45, 2.75) is 58.5 Å². The minimum absolute atomic E-state index is 0.192. The van der Waals surface area contributed by atoms with Crippen molar-refractivity contribution in [1.82, 2.24) is 15.1 Å². The van der Waals surface area contributed by atoms with Crippen LogP contribution in [0.4, 0.5) is 4.79 Å². The summed E-state index contributed by atoms with van der Waals surface area (Å²) in [4.78, 5) is 29.9. The minimum Gasteiger partial charge on any atom is -0.490 e. The summed E-state index contributed by atoms with van der Waals surface area (Å²) in [7, 11) is 0. The molecular formula is C27H33N3O4. The average Bonchev–Trinajstić information content (AvgIpc) is 3.38. The Morgan fingerprint density at radius 3 is 2.32 bits per heavy atom. The van der Waals surface area contributed by atoms with Gasteiger partial charge in [-0.1, -0.05) is 18.2 Å². The van der Waals surface area contributed by atoms with Gasteiger partial charge >= 0.3 is 6.03 Å².